The monoisotopic (exact) mass is 397 g/mol. The van der Waals surface area contributed by atoms with E-state index in [-0.39, 0.29) is 16.2 Å². The van der Waals surface area contributed by atoms with Crippen molar-refractivity contribution in [1.82, 2.24) is 4.72 Å². The summed E-state index contributed by atoms with van der Waals surface area (Å²) in [7, 11) is -3.68. The number of benzene rings is 1. The van der Waals surface area contributed by atoms with Crippen molar-refractivity contribution >= 4 is 27.4 Å². The third-order valence-corrected chi connectivity index (χ3v) is 6.55. The molecule has 0 saturated heterocycles. The molecular formula is C20H31NO3S2. The fourth-order valence-electron chi connectivity index (χ4n) is 3.31. The summed E-state index contributed by atoms with van der Waals surface area (Å²) in [5.41, 5.74) is 1.01. The number of hydrogen-bond donors (Lipinski definition) is 1. The molecule has 0 amide bonds. The van der Waals surface area contributed by atoms with Crippen molar-refractivity contribution in [2.24, 2.45) is 0 Å². The van der Waals surface area contributed by atoms with Crippen LogP contribution in [0.2, 0.25) is 0 Å². The average molecular weight is 398 g/mol. The Morgan fingerprint density at radius 2 is 1.38 bits per heavy atom. The van der Waals surface area contributed by atoms with E-state index in [1.54, 1.807) is 24.3 Å². The Labute approximate surface area is 163 Å². The second-order valence-corrected chi connectivity index (χ2v) is 9.26. The quantitative estimate of drug-likeness (QED) is 0.708. The molecule has 0 aliphatic heterocycles. The Morgan fingerprint density at radius 3 is 1.88 bits per heavy atom. The maximum Gasteiger partial charge on any atom is 0.271 e. The molecule has 2 rings (SSSR count). The molecule has 1 aromatic carbocycles. The smallest absolute Gasteiger partial charge is 0.271 e. The minimum absolute atomic E-state index is 0.00245. The van der Waals surface area contributed by atoms with Crippen molar-refractivity contribution in [3.05, 3.63) is 29.8 Å². The van der Waals surface area contributed by atoms with Crippen molar-refractivity contribution in [2.75, 3.05) is 0 Å². The summed E-state index contributed by atoms with van der Waals surface area (Å²) in [4.78, 5) is 0.202. The van der Waals surface area contributed by atoms with E-state index in [2.05, 4.69) is 4.72 Å². The van der Waals surface area contributed by atoms with E-state index in [1.165, 1.54) is 44.9 Å². The Morgan fingerprint density at radius 1 is 0.923 bits per heavy atom. The van der Waals surface area contributed by atoms with Crippen LogP contribution in [0.4, 0.5) is 0 Å². The van der Waals surface area contributed by atoms with Gasteiger partial charge in [-0.1, -0.05) is 62.6 Å². The van der Waals surface area contributed by atoms with Gasteiger partial charge in [0.2, 0.25) is 0 Å². The van der Waals surface area contributed by atoms with Gasteiger partial charge in [-0.15, -0.1) is 0 Å². The van der Waals surface area contributed by atoms with E-state index in [9.17, 15) is 8.42 Å². The molecule has 1 saturated carbocycles. The Kier molecular flexibility index (Phi) is 8.85. The maximum absolute atomic E-state index is 12.4. The number of nitrogens with one attached hydrogen (secondary N) is 1. The lowest BCUT2D eigenvalue weighted by molar-refractivity contribution is 0.160. The summed E-state index contributed by atoms with van der Waals surface area (Å²) in [6.45, 7) is 1.92. The third-order valence-electron chi connectivity index (χ3n) is 4.87. The molecule has 0 heterocycles. The lowest BCUT2D eigenvalue weighted by Crippen LogP contribution is -2.33. The van der Waals surface area contributed by atoms with Crippen molar-refractivity contribution in [1.29, 1.82) is 0 Å². The van der Waals surface area contributed by atoms with Gasteiger partial charge in [0.25, 0.3) is 15.2 Å². The Hall–Kier alpha value is -1.14. The SMILES string of the molecule is Cc1ccc(S(=O)(=O)NC(=S)OC2CCCCCCCCCCC2)cc1. The van der Waals surface area contributed by atoms with Crippen molar-refractivity contribution in [2.45, 2.75) is 88.6 Å². The zero-order valence-electron chi connectivity index (χ0n) is 15.7. The van der Waals surface area contributed by atoms with Crippen LogP contribution in [0.3, 0.4) is 0 Å². The lowest BCUT2D eigenvalue weighted by Gasteiger charge is -2.20. The van der Waals surface area contributed by atoms with Gasteiger partial charge in [0.15, 0.2) is 0 Å². The number of ether oxygens (including phenoxy) is 1. The van der Waals surface area contributed by atoms with Gasteiger partial charge < -0.3 is 4.74 Å². The van der Waals surface area contributed by atoms with Crippen LogP contribution in [0.15, 0.2) is 29.2 Å². The fourth-order valence-corrected chi connectivity index (χ4v) is 4.65. The minimum Gasteiger partial charge on any atom is -0.467 e. The molecule has 0 unspecified atom stereocenters. The van der Waals surface area contributed by atoms with Gasteiger partial charge in [-0.25, -0.2) is 13.1 Å². The van der Waals surface area contributed by atoms with E-state index >= 15 is 0 Å². The second kappa shape index (κ2) is 10.9. The van der Waals surface area contributed by atoms with E-state index < -0.39 is 10.0 Å². The lowest BCUT2D eigenvalue weighted by atomic mass is 9.99. The minimum atomic E-state index is -3.68. The molecule has 0 aromatic heterocycles. The van der Waals surface area contributed by atoms with Crippen LogP contribution < -0.4 is 4.72 Å². The molecule has 1 fully saturated rings. The standard InChI is InChI=1S/C20H31NO3S2/c1-17-13-15-19(16-14-17)26(22,23)21-20(25)24-18-11-9-7-5-3-2-4-6-8-10-12-18/h13-16,18H,2-12H2,1H3,(H,21,25). The fraction of sp³-hybridized carbons (Fsp3) is 0.650. The molecule has 0 atom stereocenters. The zero-order chi connectivity index (χ0) is 18.8. The highest BCUT2D eigenvalue weighted by atomic mass is 32.2. The van der Waals surface area contributed by atoms with Crippen LogP contribution in [0.5, 0.6) is 0 Å². The first-order valence-electron chi connectivity index (χ1n) is 9.77. The normalized spacial score (nSPS) is 18.3. The summed E-state index contributed by atoms with van der Waals surface area (Å²) in [6, 6.07) is 6.70. The van der Waals surface area contributed by atoms with Gasteiger partial charge in [0.05, 0.1) is 4.90 Å². The molecule has 0 bridgehead atoms. The molecule has 0 radical (unpaired) electrons. The topological polar surface area (TPSA) is 55.4 Å². The van der Waals surface area contributed by atoms with Crippen LogP contribution in [-0.2, 0) is 14.8 Å². The molecule has 26 heavy (non-hydrogen) atoms. The summed E-state index contributed by atoms with van der Waals surface area (Å²) in [6.07, 6.45) is 13.1. The molecule has 1 aliphatic rings. The molecular weight excluding hydrogens is 366 g/mol. The van der Waals surface area contributed by atoms with Gasteiger partial charge in [-0.3, -0.25) is 0 Å². The van der Waals surface area contributed by atoms with Crippen molar-refractivity contribution in [3.63, 3.8) is 0 Å². The molecule has 0 spiro atoms. The second-order valence-electron chi connectivity index (χ2n) is 7.21. The van der Waals surface area contributed by atoms with Gasteiger partial charge in [-0.05, 0) is 57.0 Å². The molecule has 1 N–H and O–H groups in total. The Bertz CT molecular complexity index is 644. The van der Waals surface area contributed by atoms with E-state index in [0.717, 1.165) is 31.2 Å². The first-order valence-corrected chi connectivity index (χ1v) is 11.7. The largest absolute Gasteiger partial charge is 0.467 e. The van der Waals surface area contributed by atoms with Crippen LogP contribution in [0.1, 0.15) is 76.2 Å². The molecule has 4 nitrogen and oxygen atoms in total. The highest BCUT2D eigenvalue weighted by molar-refractivity contribution is 7.91. The summed E-state index contributed by atoms with van der Waals surface area (Å²) >= 11 is 5.18. The van der Waals surface area contributed by atoms with Crippen LogP contribution in [0, 0.1) is 6.92 Å². The first-order chi connectivity index (χ1) is 12.5. The molecule has 1 aromatic rings. The van der Waals surface area contributed by atoms with Gasteiger partial charge in [0.1, 0.15) is 6.10 Å². The van der Waals surface area contributed by atoms with E-state index in [1.807, 2.05) is 6.92 Å². The van der Waals surface area contributed by atoms with E-state index in [4.69, 9.17) is 17.0 Å². The number of thiocarbonyl (C=S) groups is 1. The third kappa shape index (κ3) is 7.62. The number of aryl methyl sites for hydroxylation is 1. The first kappa shape index (κ1) is 21.2. The Balaban J connectivity index is 1.89. The summed E-state index contributed by atoms with van der Waals surface area (Å²) in [5.74, 6) is 0. The van der Waals surface area contributed by atoms with Crippen molar-refractivity contribution < 1.29 is 13.2 Å². The van der Waals surface area contributed by atoms with Crippen LogP contribution in [0.25, 0.3) is 0 Å². The van der Waals surface area contributed by atoms with Gasteiger partial charge in [0, 0.05) is 0 Å². The zero-order valence-corrected chi connectivity index (χ0v) is 17.3. The highest BCUT2D eigenvalue weighted by Gasteiger charge is 2.19. The maximum atomic E-state index is 12.4. The predicted octanol–water partition coefficient (Wildman–Crippen LogP) is 5.25. The number of hydrogen-bond acceptors (Lipinski definition) is 4. The summed E-state index contributed by atoms with van der Waals surface area (Å²) < 4.78 is 33.1. The van der Waals surface area contributed by atoms with Gasteiger partial charge in [-0.2, -0.15) is 0 Å². The van der Waals surface area contributed by atoms with Crippen molar-refractivity contribution in [3.8, 4) is 0 Å². The van der Waals surface area contributed by atoms with Crippen LogP contribution in [-0.4, -0.2) is 19.7 Å². The predicted molar refractivity (Wildman–Crippen MR) is 110 cm³/mol. The molecule has 6 heteroatoms. The van der Waals surface area contributed by atoms with Gasteiger partial charge >= 0.3 is 0 Å². The van der Waals surface area contributed by atoms with E-state index in [0.29, 0.717) is 0 Å². The average Bonchev–Trinajstić information content (AvgIpc) is 2.57. The highest BCUT2D eigenvalue weighted by Crippen LogP contribution is 2.19. The number of rotatable bonds is 3. The van der Waals surface area contributed by atoms with Crippen LogP contribution >= 0.6 is 12.2 Å². The summed E-state index contributed by atoms with van der Waals surface area (Å²) in [5, 5.41) is -0.0392. The number of sulfonamides is 1. The molecule has 1 aliphatic carbocycles. The molecule has 146 valence electrons.